The minimum absolute atomic E-state index is 0.194. The summed E-state index contributed by atoms with van der Waals surface area (Å²) in [4.78, 5) is 17.3. The summed E-state index contributed by atoms with van der Waals surface area (Å²) in [6.07, 6.45) is 5.80. The van der Waals surface area contributed by atoms with Gasteiger partial charge < -0.3 is 9.64 Å². The van der Waals surface area contributed by atoms with Gasteiger partial charge >= 0.3 is 0 Å². The molecule has 1 aromatic rings. The van der Waals surface area contributed by atoms with Crippen LogP contribution in [0.4, 0.5) is 0 Å². The summed E-state index contributed by atoms with van der Waals surface area (Å²) in [5.74, 6) is 1.52. The lowest BCUT2D eigenvalue weighted by Gasteiger charge is -2.36. The van der Waals surface area contributed by atoms with Gasteiger partial charge in [0.25, 0.3) is 0 Å². The third-order valence-corrected chi connectivity index (χ3v) is 5.16. The summed E-state index contributed by atoms with van der Waals surface area (Å²) in [5, 5.41) is 0. The molecule has 2 aliphatic rings. The highest BCUT2D eigenvalue weighted by atomic mass is 16.5. The van der Waals surface area contributed by atoms with Crippen LogP contribution in [0.25, 0.3) is 0 Å². The van der Waals surface area contributed by atoms with Crippen molar-refractivity contribution in [1.29, 1.82) is 0 Å². The number of nitrogens with zero attached hydrogens (tertiary/aromatic N) is 2. The third-order valence-electron chi connectivity index (χ3n) is 5.16. The standard InChI is InChI=1S/C20H30N2O2/c1-2-24-19-10-8-17(9-11-19)15-21-12-6-7-18(16-21)20(23)22-13-4-3-5-14-22/h8-11,18H,2-7,12-16H2,1H3. The van der Waals surface area contributed by atoms with Crippen molar-refractivity contribution in [1.82, 2.24) is 9.80 Å². The van der Waals surface area contributed by atoms with E-state index >= 15 is 0 Å². The van der Waals surface area contributed by atoms with Crippen LogP contribution in [0.2, 0.25) is 0 Å². The van der Waals surface area contributed by atoms with E-state index in [-0.39, 0.29) is 5.92 Å². The first-order valence-electron chi connectivity index (χ1n) is 9.49. The van der Waals surface area contributed by atoms with Gasteiger partial charge in [0.1, 0.15) is 5.75 Å². The van der Waals surface area contributed by atoms with Crippen LogP contribution in [-0.2, 0) is 11.3 Å². The number of hydrogen-bond donors (Lipinski definition) is 0. The lowest BCUT2D eigenvalue weighted by atomic mass is 9.95. The number of ether oxygens (including phenoxy) is 1. The zero-order valence-corrected chi connectivity index (χ0v) is 14.9. The van der Waals surface area contributed by atoms with Gasteiger partial charge in [0.05, 0.1) is 12.5 Å². The molecular weight excluding hydrogens is 300 g/mol. The van der Waals surface area contributed by atoms with Gasteiger partial charge in [0, 0.05) is 26.2 Å². The fraction of sp³-hybridized carbons (Fsp3) is 0.650. The maximum absolute atomic E-state index is 12.8. The monoisotopic (exact) mass is 330 g/mol. The molecule has 2 fully saturated rings. The molecule has 0 radical (unpaired) electrons. The first kappa shape index (κ1) is 17.3. The highest BCUT2D eigenvalue weighted by Gasteiger charge is 2.29. The predicted molar refractivity (Wildman–Crippen MR) is 96.0 cm³/mol. The molecule has 1 amide bonds. The molecule has 24 heavy (non-hydrogen) atoms. The summed E-state index contributed by atoms with van der Waals surface area (Å²) in [6.45, 7) is 7.56. The number of carbonyl (C=O) groups excluding carboxylic acids is 1. The summed E-state index contributed by atoms with van der Waals surface area (Å²) in [7, 11) is 0. The Morgan fingerprint density at radius 2 is 1.83 bits per heavy atom. The minimum atomic E-state index is 0.194. The molecule has 132 valence electrons. The van der Waals surface area contributed by atoms with E-state index in [0.29, 0.717) is 12.5 Å². The number of carbonyl (C=O) groups is 1. The van der Waals surface area contributed by atoms with Gasteiger partial charge in [-0.3, -0.25) is 9.69 Å². The second-order valence-electron chi connectivity index (χ2n) is 7.04. The summed E-state index contributed by atoms with van der Waals surface area (Å²) >= 11 is 0. The fourth-order valence-electron chi connectivity index (χ4n) is 3.89. The number of rotatable bonds is 5. The molecular formula is C20H30N2O2. The molecule has 1 atom stereocenters. The highest BCUT2D eigenvalue weighted by Crippen LogP contribution is 2.23. The molecule has 0 saturated carbocycles. The van der Waals surface area contributed by atoms with Crippen molar-refractivity contribution >= 4 is 5.91 Å². The van der Waals surface area contributed by atoms with E-state index < -0.39 is 0 Å². The van der Waals surface area contributed by atoms with E-state index in [4.69, 9.17) is 4.74 Å². The first-order chi connectivity index (χ1) is 11.8. The summed E-state index contributed by atoms with van der Waals surface area (Å²) in [6, 6.07) is 8.36. The van der Waals surface area contributed by atoms with Crippen LogP contribution in [0.1, 0.15) is 44.6 Å². The normalized spacial score (nSPS) is 22.4. The predicted octanol–water partition coefficient (Wildman–Crippen LogP) is 3.31. The van der Waals surface area contributed by atoms with Gasteiger partial charge in [0.2, 0.25) is 5.91 Å². The van der Waals surface area contributed by atoms with Crippen LogP contribution in [0, 0.1) is 5.92 Å². The van der Waals surface area contributed by atoms with E-state index in [2.05, 4.69) is 21.9 Å². The second-order valence-corrected chi connectivity index (χ2v) is 7.04. The lowest BCUT2D eigenvalue weighted by molar-refractivity contribution is -0.138. The topological polar surface area (TPSA) is 32.8 Å². The number of piperidine rings is 2. The largest absolute Gasteiger partial charge is 0.494 e. The Balaban J connectivity index is 1.54. The molecule has 0 aliphatic carbocycles. The van der Waals surface area contributed by atoms with Crippen LogP contribution in [0.3, 0.4) is 0 Å². The Hall–Kier alpha value is -1.55. The third kappa shape index (κ3) is 4.50. The van der Waals surface area contributed by atoms with Crippen molar-refractivity contribution in [3.63, 3.8) is 0 Å². The Bertz CT molecular complexity index is 523. The average molecular weight is 330 g/mol. The number of hydrogen-bond acceptors (Lipinski definition) is 3. The van der Waals surface area contributed by atoms with Crippen molar-refractivity contribution in [2.24, 2.45) is 5.92 Å². The quantitative estimate of drug-likeness (QED) is 0.830. The van der Waals surface area contributed by atoms with Crippen molar-refractivity contribution < 1.29 is 9.53 Å². The van der Waals surface area contributed by atoms with Crippen molar-refractivity contribution in [3.05, 3.63) is 29.8 Å². The Kier molecular flexibility index (Phi) is 6.13. The van der Waals surface area contributed by atoms with Crippen LogP contribution >= 0.6 is 0 Å². The van der Waals surface area contributed by atoms with Crippen LogP contribution in [-0.4, -0.2) is 48.5 Å². The molecule has 0 N–H and O–H groups in total. The molecule has 3 rings (SSSR count). The van der Waals surface area contributed by atoms with E-state index in [1.54, 1.807) is 0 Å². The Labute approximate surface area is 145 Å². The van der Waals surface area contributed by atoms with Gasteiger partial charge in [-0.15, -0.1) is 0 Å². The van der Waals surface area contributed by atoms with Crippen molar-refractivity contribution in [2.75, 3.05) is 32.8 Å². The van der Waals surface area contributed by atoms with Crippen LogP contribution < -0.4 is 4.74 Å². The number of amides is 1. The molecule has 2 heterocycles. The molecule has 4 heteroatoms. The Morgan fingerprint density at radius 1 is 1.08 bits per heavy atom. The molecule has 2 aliphatic heterocycles. The van der Waals surface area contributed by atoms with Gasteiger partial charge in [-0.25, -0.2) is 0 Å². The molecule has 0 spiro atoms. The molecule has 1 unspecified atom stereocenters. The lowest BCUT2D eigenvalue weighted by Crippen LogP contribution is -2.46. The van der Waals surface area contributed by atoms with Gasteiger partial charge in [-0.2, -0.15) is 0 Å². The van der Waals surface area contributed by atoms with Crippen molar-refractivity contribution in [3.8, 4) is 5.75 Å². The maximum atomic E-state index is 12.8. The van der Waals surface area contributed by atoms with E-state index in [9.17, 15) is 4.79 Å². The number of likely N-dealkylation sites (tertiary alicyclic amines) is 2. The molecule has 0 bridgehead atoms. The zero-order valence-electron chi connectivity index (χ0n) is 14.9. The SMILES string of the molecule is CCOc1ccc(CN2CCCC(C(=O)N3CCCCC3)C2)cc1. The average Bonchev–Trinajstić information content (AvgIpc) is 2.64. The maximum Gasteiger partial charge on any atom is 0.226 e. The van der Waals surface area contributed by atoms with Gasteiger partial charge in [0.15, 0.2) is 0 Å². The molecule has 1 aromatic carbocycles. The molecule has 0 aromatic heterocycles. The van der Waals surface area contributed by atoms with Crippen molar-refractivity contribution in [2.45, 2.75) is 45.6 Å². The fourth-order valence-corrected chi connectivity index (χ4v) is 3.89. The molecule has 2 saturated heterocycles. The molecule has 4 nitrogen and oxygen atoms in total. The smallest absolute Gasteiger partial charge is 0.226 e. The minimum Gasteiger partial charge on any atom is -0.494 e. The van der Waals surface area contributed by atoms with E-state index in [1.165, 1.54) is 24.8 Å². The first-order valence-corrected chi connectivity index (χ1v) is 9.49. The number of benzene rings is 1. The highest BCUT2D eigenvalue weighted by molar-refractivity contribution is 5.79. The summed E-state index contributed by atoms with van der Waals surface area (Å²) in [5.41, 5.74) is 1.30. The summed E-state index contributed by atoms with van der Waals surface area (Å²) < 4.78 is 5.50. The van der Waals surface area contributed by atoms with Crippen LogP contribution in [0.15, 0.2) is 24.3 Å². The van der Waals surface area contributed by atoms with Crippen LogP contribution in [0.5, 0.6) is 5.75 Å². The van der Waals surface area contributed by atoms with E-state index in [0.717, 1.165) is 51.3 Å². The Morgan fingerprint density at radius 3 is 2.54 bits per heavy atom. The zero-order chi connectivity index (χ0) is 16.8. The van der Waals surface area contributed by atoms with Gasteiger partial charge in [-0.1, -0.05) is 12.1 Å². The second kappa shape index (κ2) is 8.52. The van der Waals surface area contributed by atoms with E-state index in [1.807, 2.05) is 19.1 Å². The van der Waals surface area contributed by atoms with Gasteiger partial charge in [-0.05, 0) is 63.3 Å².